The minimum absolute atomic E-state index is 0.0131. The molecule has 0 radical (unpaired) electrons. The summed E-state index contributed by atoms with van der Waals surface area (Å²) in [5.41, 5.74) is 0.0131. The zero-order chi connectivity index (χ0) is 12.5. The van der Waals surface area contributed by atoms with E-state index in [9.17, 15) is 4.79 Å². The van der Waals surface area contributed by atoms with Crippen LogP contribution in [0.4, 0.5) is 0 Å². The van der Waals surface area contributed by atoms with Gasteiger partial charge >= 0.3 is 0 Å². The van der Waals surface area contributed by atoms with Crippen molar-refractivity contribution in [2.75, 3.05) is 33.2 Å². The largest absolute Gasteiger partial charge is 0.349 e. The van der Waals surface area contributed by atoms with Gasteiger partial charge in [-0.3, -0.25) is 9.69 Å². The Hall–Kier alpha value is -0.610. The molecule has 98 valence electrons. The molecule has 0 bridgehead atoms. The van der Waals surface area contributed by atoms with E-state index in [0.29, 0.717) is 0 Å². The van der Waals surface area contributed by atoms with Crippen LogP contribution >= 0.6 is 0 Å². The zero-order valence-electron chi connectivity index (χ0n) is 11.3. The summed E-state index contributed by atoms with van der Waals surface area (Å²) >= 11 is 0. The predicted octanol–water partition coefficient (Wildman–Crippen LogP) is 0.681. The quantitative estimate of drug-likeness (QED) is 0.787. The molecule has 0 aromatic rings. The van der Waals surface area contributed by atoms with Gasteiger partial charge in [0, 0.05) is 25.2 Å². The summed E-state index contributed by atoms with van der Waals surface area (Å²) in [5, 5.41) is 3.26. The summed E-state index contributed by atoms with van der Waals surface area (Å²) in [6, 6.07) is 0.121. The van der Waals surface area contributed by atoms with Gasteiger partial charge in [0.2, 0.25) is 5.91 Å². The van der Waals surface area contributed by atoms with Crippen LogP contribution < -0.4 is 5.32 Å². The Labute approximate surface area is 104 Å². The standard InChI is InChI=1S/C13H25N3O/c1-4-16-9-6-13(2,7-10-16)14-12(17)11-5-8-15(11)3/h11H,4-10H2,1-3H3,(H,14,17). The van der Waals surface area contributed by atoms with Crippen LogP contribution in [0.1, 0.15) is 33.1 Å². The molecule has 2 rings (SSSR count). The fourth-order valence-electron chi connectivity index (χ4n) is 2.72. The average Bonchev–Trinajstić information content (AvgIpc) is 2.27. The first kappa shape index (κ1) is 12.8. The maximum absolute atomic E-state index is 12.1. The third-order valence-corrected chi connectivity index (χ3v) is 4.42. The summed E-state index contributed by atoms with van der Waals surface area (Å²) in [5.74, 6) is 0.228. The summed E-state index contributed by atoms with van der Waals surface area (Å²) in [6.45, 7) is 8.77. The highest BCUT2D eigenvalue weighted by molar-refractivity contribution is 5.83. The molecular formula is C13H25N3O. The second kappa shape index (κ2) is 4.94. The molecule has 0 spiro atoms. The number of piperidine rings is 1. The number of carbonyl (C=O) groups excluding carboxylic acids is 1. The van der Waals surface area contributed by atoms with Crippen LogP contribution in [0.25, 0.3) is 0 Å². The molecular weight excluding hydrogens is 214 g/mol. The van der Waals surface area contributed by atoms with Crippen molar-refractivity contribution in [2.24, 2.45) is 0 Å². The van der Waals surface area contributed by atoms with E-state index in [4.69, 9.17) is 0 Å². The maximum Gasteiger partial charge on any atom is 0.237 e. The highest BCUT2D eigenvalue weighted by atomic mass is 16.2. The molecule has 2 fully saturated rings. The van der Waals surface area contributed by atoms with E-state index in [2.05, 4.69) is 29.0 Å². The molecule has 4 nitrogen and oxygen atoms in total. The Kier molecular flexibility index (Phi) is 3.73. The lowest BCUT2D eigenvalue weighted by Gasteiger charge is -2.43. The van der Waals surface area contributed by atoms with Crippen LogP contribution in [-0.4, -0.2) is 60.5 Å². The number of hydrogen-bond donors (Lipinski definition) is 1. The van der Waals surface area contributed by atoms with E-state index in [1.54, 1.807) is 0 Å². The van der Waals surface area contributed by atoms with Gasteiger partial charge in [-0.05, 0) is 39.8 Å². The minimum Gasteiger partial charge on any atom is -0.349 e. The van der Waals surface area contributed by atoms with Crippen molar-refractivity contribution in [1.82, 2.24) is 15.1 Å². The Bertz CT molecular complexity index is 284. The Morgan fingerprint density at radius 2 is 2.00 bits per heavy atom. The van der Waals surface area contributed by atoms with Crippen molar-refractivity contribution in [3.05, 3.63) is 0 Å². The molecule has 2 aliphatic rings. The first-order valence-electron chi connectivity index (χ1n) is 6.79. The fraction of sp³-hybridized carbons (Fsp3) is 0.923. The highest BCUT2D eigenvalue weighted by Crippen LogP contribution is 2.23. The number of likely N-dealkylation sites (tertiary alicyclic amines) is 2. The normalized spacial score (nSPS) is 29.7. The van der Waals surface area contributed by atoms with Gasteiger partial charge in [0.1, 0.15) is 0 Å². The molecule has 0 aliphatic carbocycles. The predicted molar refractivity (Wildman–Crippen MR) is 68.9 cm³/mol. The van der Waals surface area contributed by atoms with Crippen LogP contribution in [-0.2, 0) is 4.79 Å². The van der Waals surface area contributed by atoms with E-state index in [1.807, 2.05) is 7.05 Å². The number of amides is 1. The first-order chi connectivity index (χ1) is 8.04. The Balaban J connectivity index is 1.83. The molecule has 1 amide bonds. The number of likely N-dealkylation sites (N-methyl/N-ethyl adjacent to an activating group) is 1. The molecule has 1 N–H and O–H groups in total. The van der Waals surface area contributed by atoms with E-state index in [1.165, 1.54) is 0 Å². The molecule has 2 aliphatic heterocycles. The summed E-state index contributed by atoms with van der Waals surface area (Å²) < 4.78 is 0. The number of carbonyl (C=O) groups is 1. The summed E-state index contributed by atoms with van der Waals surface area (Å²) in [7, 11) is 2.02. The monoisotopic (exact) mass is 239 g/mol. The van der Waals surface area contributed by atoms with Gasteiger partial charge in [0.15, 0.2) is 0 Å². The van der Waals surface area contributed by atoms with Crippen LogP contribution in [0.2, 0.25) is 0 Å². The van der Waals surface area contributed by atoms with Crippen molar-refractivity contribution in [3.63, 3.8) is 0 Å². The van der Waals surface area contributed by atoms with Crippen molar-refractivity contribution < 1.29 is 4.79 Å². The Morgan fingerprint density at radius 1 is 1.35 bits per heavy atom. The zero-order valence-corrected chi connectivity index (χ0v) is 11.3. The van der Waals surface area contributed by atoms with Crippen molar-refractivity contribution in [2.45, 2.75) is 44.7 Å². The first-order valence-corrected chi connectivity index (χ1v) is 6.79. The van der Waals surface area contributed by atoms with Gasteiger partial charge < -0.3 is 10.2 Å². The fourth-order valence-corrected chi connectivity index (χ4v) is 2.72. The van der Waals surface area contributed by atoms with Crippen molar-refractivity contribution in [3.8, 4) is 0 Å². The molecule has 0 aromatic carbocycles. The maximum atomic E-state index is 12.1. The SMILES string of the molecule is CCN1CCC(C)(NC(=O)C2CCN2C)CC1. The molecule has 17 heavy (non-hydrogen) atoms. The lowest BCUT2D eigenvalue weighted by Crippen LogP contribution is -2.60. The molecule has 0 saturated carbocycles. The molecule has 4 heteroatoms. The number of nitrogens with one attached hydrogen (secondary N) is 1. The summed E-state index contributed by atoms with van der Waals surface area (Å²) in [6.07, 6.45) is 3.16. The molecule has 2 saturated heterocycles. The van der Waals surface area contributed by atoms with Crippen LogP contribution in [0.3, 0.4) is 0 Å². The second-order valence-corrected chi connectivity index (χ2v) is 5.77. The van der Waals surface area contributed by atoms with Crippen molar-refractivity contribution in [1.29, 1.82) is 0 Å². The van der Waals surface area contributed by atoms with Crippen LogP contribution in [0.15, 0.2) is 0 Å². The summed E-state index contributed by atoms with van der Waals surface area (Å²) in [4.78, 5) is 16.7. The molecule has 0 aromatic heterocycles. The van der Waals surface area contributed by atoms with Gasteiger partial charge in [0.25, 0.3) is 0 Å². The lowest BCUT2D eigenvalue weighted by molar-refractivity contribution is -0.132. The number of rotatable bonds is 3. The molecule has 2 heterocycles. The van der Waals surface area contributed by atoms with Gasteiger partial charge in [-0.25, -0.2) is 0 Å². The van der Waals surface area contributed by atoms with Crippen LogP contribution in [0, 0.1) is 0 Å². The van der Waals surface area contributed by atoms with Gasteiger partial charge in [-0.1, -0.05) is 6.92 Å². The third kappa shape index (κ3) is 2.80. The second-order valence-electron chi connectivity index (χ2n) is 5.77. The Morgan fingerprint density at radius 3 is 2.41 bits per heavy atom. The number of nitrogens with zero attached hydrogens (tertiary/aromatic N) is 2. The smallest absolute Gasteiger partial charge is 0.237 e. The van der Waals surface area contributed by atoms with Crippen molar-refractivity contribution >= 4 is 5.91 Å². The molecule has 1 atom stereocenters. The third-order valence-electron chi connectivity index (χ3n) is 4.42. The topological polar surface area (TPSA) is 35.6 Å². The lowest BCUT2D eigenvalue weighted by atomic mass is 9.88. The number of hydrogen-bond acceptors (Lipinski definition) is 3. The van der Waals surface area contributed by atoms with Gasteiger partial charge in [-0.15, -0.1) is 0 Å². The minimum atomic E-state index is 0.0131. The van der Waals surface area contributed by atoms with Gasteiger partial charge in [0.05, 0.1) is 6.04 Å². The van der Waals surface area contributed by atoms with E-state index >= 15 is 0 Å². The van der Waals surface area contributed by atoms with E-state index in [0.717, 1.165) is 45.4 Å². The van der Waals surface area contributed by atoms with Gasteiger partial charge in [-0.2, -0.15) is 0 Å². The highest BCUT2D eigenvalue weighted by Gasteiger charge is 2.36. The van der Waals surface area contributed by atoms with Crippen LogP contribution in [0.5, 0.6) is 0 Å². The van der Waals surface area contributed by atoms with E-state index < -0.39 is 0 Å². The average molecular weight is 239 g/mol. The van der Waals surface area contributed by atoms with E-state index in [-0.39, 0.29) is 17.5 Å². The molecule has 1 unspecified atom stereocenters.